The molecule has 0 unspecified atom stereocenters. The molecule has 2 aromatic rings. The van der Waals surface area contributed by atoms with Crippen molar-refractivity contribution in [2.75, 3.05) is 6.61 Å². The van der Waals surface area contributed by atoms with E-state index in [0.717, 1.165) is 25.1 Å². The van der Waals surface area contributed by atoms with Crippen LogP contribution in [0.25, 0.3) is 10.9 Å². The molecule has 0 aliphatic rings. The average Bonchev–Trinajstić information content (AvgIpc) is 2.75. The summed E-state index contributed by atoms with van der Waals surface area (Å²) < 4.78 is 7.84. The third-order valence-electron chi connectivity index (χ3n) is 2.79. The molecule has 2 nitrogen and oxygen atoms in total. The van der Waals surface area contributed by atoms with Crippen molar-refractivity contribution in [1.29, 1.82) is 0 Å². The first-order valence-corrected chi connectivity index (χ1v) is 6.01. The minimum Gasteiger partial charge on any atom is -0.493 e. The standard InChI is InChI=1S/C15H17NO/c1-3-5-6-11-16-12-10-13-14(16)8-7-9-15(13)17-4-2/h1,7-10,12H,4-6,11H2,2H3. The smallest absolute Gasteiger partial charge is 0.128 e. The summed E-state index contributed by atoms with van der Waals surface area (Å²) in [6.45, 7) is 3.66. The van der Waals surface area contributed by atoms with Crippen LogP contribution in [-0.2, 0) is 6.54 Å². The Bertz CT molecular complexity index is 533. The maximum atomic E-state index is 5.61. The van der Waals surface area contributed by atoms with Crippen LogP contribution in [-0.4, -0.2) is 11.2 Å². The van der Waals surface area contributed by atoms with E-state index in [9.17, 15) is 0 Å². The number of aromatic nitrogens is 1. The van der Waals surface area contributed by atoms with E-state index < -0.39 is 0 Å². The first-order valence-electron chi connectivity index (χ1n) is 6.01. The number of benzene rings is 1. The minimum absolute atomic E-state index is 0.696. The third-order valence-corrected chi connectivity index (χ3v) is 2.79. The Hall–Kier alpha value is -1.88. The van der Waals surface area contributed by atoms with E-state index in [2.05, 4.69) is 28.8 Å². The first-order chi connectivity index (χ1) is 8.36. The van der Waals surface area contributed by atoms with Crippen molar-refractivity contribution < 1.29 is 4.74 Å². The molecule has 0 fully saturated rings. The van der Waals surface area contributed by atoms with E-state index in [1.54, 1.807) is 0 Å². The second-order valence-corrected chi connectivity index (χ2v) is 3.94. The van der Waals surface area contributed by atoms with Crippen molar-refractivity contribution in [3.63, 3.8) is 0 Å². The van der Waals surface area contributed by atoms with Crippen LogP contribution in [0, 0.1) is 12.3 Å². The fourth-order valence-electron chi connectivity index (χ4n) is 2.02. The maximum absolute atomic E-state index is 5.61. The molecule has 0 saturated carbocycles. The van der Waals surface area contributed by atoms with Gasteiger partial charge in [-0.2, -0.15) is 0 Å². The molecule has 0 amide bonds. The number of nitrogens with zero attached hydrogens (tertiary/aromatic N) is 1. The van der Waals surface area contributed by atoms with Crippen LogP contribution in [0.2, 0.25) is 0 Å². The topological polar surface area (TPSA) is 14.2 Å². The molecule has 2 rings (SSSR count). The van der Waals surface area contributed by atoms with Gasteiger partial charge in [-0.1, -0.05) is 6.07 Å². The monoisotopic (exact) mass is 227 g/mol. The normalized spacial score (nSPS) is 10.4. The number of ether oxygens (including phenoxy) is 1. The Labute approximate surface area is 102 Å². The number of hydrogen-bond donors (Lipinski definition) is 0. The summed E-state index contributed by atoms with van der Waals surface area (Å²) in [6, 6.07) is 8.27. The molecule has 0 radical (unpaired) electrons. The first kappa shape index (κ1) is 11.6. The molecule has 0 spiro atoms. The van der Waals surface area contributed by atoms with Gasteiger partial charge in [0.2, 0.25) is 0 Å². The second kappa shape index (κ2) is 5.45. The van der Waals surface area contributed by atoms with Gasteiger partial charge in [0.1, 0.15) is 5.75 Å². The summed E-state index contributed by atoms with van der Waals surface area (Å²) in [4.78, 5) is 0. The van der Waals surface area contributed by atoms with Crippen LogP contribution in [0.1, 0.15) is 19.8 Å². The number of fused-ring (bicyclic) bond motifs is 1. The van der Waals surface area contributed by atoms with E-state index >= 15 is 0 Å². The number of rotatable bonds is 5. The van der Waals surface area contributed by atoms with E-state index in [4.69, 9.17) is 11.2 Å². The highest BCUT2D eigenvalue weighted by Crippen LogP contribution is 2.26. The van der Waals surface area contributed by atoms with Gasteiger partial charge >= 0.3 is 0 Å². The third kappa shape index (κ3) is 2.45. The van der Waals surface area contributed by atoms with E-state index in [0.29, 0.717) is 6.61 Å². The molecular weight excluding hydrogens is 210 g/mol. The van der Waals surface area contributed by atoms with Crippen molar-refractivity contribution in [1.82, 2.24) is 4.57 Å². The quantitative estimate of drug-likeness (QED) is 0.563. The van der Waals surface area contributed by atoms with Crippen LogP contribution in [0.4, 0.5) is 0 Å². The van der Waals surface area contributed by atoms with Gasteiger partial charge in [0.05, 0.1) is 12.1 Å². The van der Waals surface area contributed by atoms with Crippen molar-refractivity contribution in [3.05, 3.63) is 30.5 Å². The number of aryl methyl sites for hydroxylation is 1. The Morgan fingerprint density at radius 2 is 2.24 bits per heavy atom. The molecule has 0 N–H and O–H groups in total. The molecule has 88 valence electrons. The zero-order valence-corrected chi connectivity index (χ0v) is 10.1. The Morgan fingerprint density at radius 1 is 1.35 bits per heavy atom. The van der Waals surface area contributed by atoms with Crippen LogP contribution >= 0.6 is 0 Å². The predicted molar refractivity (Wildman–Crippen MR) is 71.2 cm³/mol. The molecule has 0 bridgehead atoms. The Kier molecular flexibility index (Phi) is 3.72. The fourth-order valence-corrected chi connectivity index (χ4v) is 2.02. The zero-order chi connectivity index (χ0) is 12.1. The number of unbranched alkanes of at least 4 members (excludes halogenated alkanes) is 1. The van der Waals surface area contributed by atoms with Gasteiger partial charge in [-0.15, -0.1) is 12.3 Å². The second-order valence-electron chi connectivity index (χ2n) is 3.94. The molecule has 0 atom stereocenters. The highest BCUT2D eigenvalue weighted by atomic mass is 16.5. The van der Waals surface area contributed by atoms with Crippen LogP contribution in [0.15, 0.2) is 30.5 Å². The van der Waals surface area contributed by atoms with Gasteiger partial charge in [0.25, 0.3) is 0 Å². The van der Waals surface area contributed by atoms with Crippen molar-refractivity contribution in [3.8, 4) is 18.1 Å². The van der Waals surface area contributed by atoms with E-state index in [1.165, 1.54) is 10.9 Å². The molecule has 0 aliphatic carbocycles. The van der Waals surface area contributed by atoms with E-state index in [-0.39, 0.29) is 0 Å². The van der Waals surface area contributed by atoms with Crippen LogP contribution in [0.5, 0.6) is 5.75 Å². The summed E-state index contributed by atoms with van der Waals surface area (Å²) in [7, 11) is 0. The van der Waals surface area contributed by atoms with Gasteiger partial charge in [0, 0.05) is 24.5 Å². The molecule has 1 aromatic heterocycles. The maximum Gasteiger partial charge on any atom is 0.128 e. The predicted octanol–water partition coefficient (Wildman–Crippen LogP) is 3.45. The van der Waals surface area contributed by atoms with Crippen molar-refractivity contribution >= 4 is 10.9 Å². The van der Waals surface area contributed by atoms with Gasteiger partial charge in [0.15, 0.2) is 0 Å². The lowest BCUT2D eigenvalue weighted by Gasteiger charge is -2.07. The highest BCUT2D eigenvalue weighted by Gasteiger charge is 2.05. The fraction of sp³-hybridized carbons (Fsp3) is 0.333. The lowest BCUT2D eigenvalue weighted by Crippen LogP contribution is -1.96. The average molecular weight is 227 g/mol. The summed E-state index contributed by atoms with van der Waals surface area (Å²) >= 11 is 0. The van der Waals surface area contributed by atoms with Gasteiger partial charge in [-0.3, -0.25) is 0 Å². The molecule has 0 saturated heterocycles. The lowest BCUT2D eigenvalue weighted by atomic mass is 10.2. The number of hydrogen-bond acceptors (Lipinski definition) is 1. The summed E-state index contributed by atoms with van der Waals surface area (Å²) in [6.07, 6.45) is 9.20. The van der Waals surface area contributed by atoms with Crippen LogP contribution < -0.4 is 4.74 Å². The summed E-state index contributed by atoms with van der Waals surface area (Å²) in [5.41, 5.74) is 1.22. The summed E-state index contributed by atoms with van der Waals surface area (Å²) in [5, 5.41) is 1.18. The van der Waals surface area contributed by atoms with Gasteiger partial charge < -0.3 is 9.30 Å². The number of terminal acetylenes is 1. The lowest BCUT2D eigenvalue weighted by molar-refractivity contribution is 0.344. The molecule has 1 heterocycles. The minimum atomic E-state index is 0.696. The Morgan fingerprint density at radius 3 is 3.00 bits per heavy atom. The van der Waals surface area contributed by atoms with E-state index in [1.807, 2.05) is 19.1 Å². The van der Waals surface area contributed by atoms with Crippen molar-refractivity contribution in [2.24, 2.45) is 0 Å². The zero-order valence-electron chi connectivity index (χ0n) is 10.1. The Balaban J connectivity index is 2.28. The van der Waals surface area contributed by atoms with Gasteiger partial charge in [-0.05, 0) is 31.5 Å². The summed E-state index contributed by atoms with van der Waals surface area (Å²) in [5.74, 6) is 3.63. The molecule has 17 heavy (non-hydrogen) atoms. The molecule has 1 aromatic carbocycles. The molecule has 0 aliphatic heterocycles. The SMILES string of the molecule is C#CCCCn1ccc2c(OCC)cccc21. The van der Waals surface area contributed by atoms with Gasteiger partial charge in [-0.25, -0.2) is 0 Å². The molecular formula is C15H17NO. The largest absolute Gasteiger partial charge is 0.493 e. The van der Waals surface area contributed by atoms with Crippen molar-refractivity contribution in [2.45, 2.75) is 26.3 Å². The highest BCUT2D eigenvalue weighted by molar-refractivity contribution is 5.86. The van der Waals surface area contributed by atoms with Crippen LogP contribution in [0.3, 0.4) is 0 Å². The molecule has 2 heteroatoms.